The van der Waals surface area contributed by atoms with Gasteiger partial charge in [0, 0.05) is 29.0 Å². The number of alkyl halides is 2. The highest BCUT2D eigenvalue weighted by molar-refractivity contribution is 7.28. The maximum Gasteiger partial charge on any atom is 0.251 e. The van der Waals surface area contributed by atoms with E-state index in [0.29, 0.717) is 27.7 Å². The molecule has 0 bridgehead atoms. The van der Waals surface area contributed by atoms with Crippen LogP contribution >= 0.6 is 20.8 Å². The summed E-state index contributed by atoms with van der Waals surface area (Å²) in [5.41, 5.74) is 0.548. The number of nitrogens with zero attached hydrogens (tertiary/aromatic N) is 2. The van der Waals surface area contributed by atoms with Gasteiger partial charge in [0.05, 0.1) is 17.2 Å². The van der Waals surface area contributed by atoms with Crippen molar-refractivity contribution in [2.24, 2.45) is 5.92 Å². The third-order valence-corrected chi connectivity index (χ3v) is 8.57. The van der Waals surface area contributed by atoms with Gasteiger partial charge >= 0.3 is 0 Å². The summed E-state index contributed by atoms with van der Waals surface area (Å²) in [6, 6.07) is 9.53. The molecule has 1 saturated carbocycles. The van der Waals surface area contributed by atoms with Gasteiger partial charge in [0.25, 0.3) is 5.92 Å². The van der Waals surface area contributed by atoms with E-state index in [-0.39, 0.29) is 5.92 Å². The molecule has 194 valence electrons. The third-order valence-electron chi connectivity index (χ3n) is 7.56. The Morgan fingerprint density at radius 3 is 2.50 bits per heavy atom. The molecule has 7 heteroatoms. The van der Waals surface area contributed by atoms with Crippen LogP contribution in [-0.2, 0) is 5.41 Å². The Hall–Kier alpha value is -2.02. The minimum atomic E-state index is -2.88. The van der Waals surface area contributed by atoms with Crippen LogP contribution in [0.1, 0.15) is 84.4 Å². The van der Waals surface area contributed by atoms with E-state index in [0.717, 1.165) is 36.6 Å². The Labute approximate surface area is 221 Å². The molecule has 0 aliphatic heterocycles. The summed E-state index contributed by atoms with van der Waals surface area (Å²) in [7, 11) is 2.60. The SMILES string of the molecule is CCC/C=C/c1nc(-c2ccc(Cl)c(P)c2)cc(C2(C#N)CC(F)(F)C2)c1OC(C)(CC)C(C)CC. The fourth-order valence-electron chi connectivity index (χ4n) is 4.69. The number of pyridine rings is 1. The molecule has 1 aliphatic rings. The number of benzene rings is 1. The molecular formula is C29H36ClF2N2OP. The van der Waals surface area contributed by atoms with Crippen molar-refractivity contribution in [3.63, 3.8) is 0 Å². The van der Waals surface area contributed by atoms with Crippen molar-refractivity contribution >= 4 is 32.2 Å². The zero-order valence-corrected chi connectivity index (χ0v) is 23.7. The maximum absolute atomic E-state index is 14.3. The molecule has 1 heterocycles. The zero-order chi connectivity index (χ0) is 26.7. The summed E-state index contributed by atoms with van der Waals surface area (Å²) >= 11 is 6.23. The Bertz CT molecular complexity index is 1170. The van der Waals surface area contributed by atoms with Crippen LogP contribution in [0.4, 0.5) is 8.78 Å². The Morgan fingerprint density at radius 1 is 1.28 bits per heavy atom. The molecule has 0 saturated heterocycles. The van der Waals surface area contributed by atoms with Crippen molar-refractivity contribution in [2.75, 3.05) is 0 Å². The Balaban J connectivity index is 2.31. The van der Waals surface area contributed by atoms with Gasteiger partial charge in [-0.3, -0.25) is 0 Å². The molecule has 0 amide bonds. The van der Waals surface area contributed by atoms with Crippen molar-refractivity contribution in [3.8, 4) is 23.1 Å². The standard InChI is InChI=1S/C29H36ClF2N2OP/c1-6-9-10-11-23-26(35-27(5,8-3)19(4)7-2)21(28(18-33)16-29(31,32)17-28)15-24(34-23)20-12-13-22(30)25(36)14-20/h10-15,19H,6-9,16-17,36H2,1-5H3/b11-10+. The molecule has 0 N–H and O–H groups in total. The van der Waals surface area contributed by atoms with E-state index in [1.54, 1.807) is 12.1 Å². The highest BCUT2D eigenvalue weighted by Crippen LogP contribution is 2.56. The second-order valence-electron chi connectivity index (χ2n) is 10.2. The zero-order valence-electron chi connectivity index (χ0n) is 21.8. The molecule has 3 rings (SSSR count). The van der Waals surface area contributed by atoms with E-state index in [4.69, 9.17) is 21.3 Å². The first kappa shape index (κ1) is 28.5. The van der Waals surface area contributed by atoms with Crippen LogP contribution in [0.15, 0.2) is 30.3 Å². The molecule has 1 aromatic heterocycles. The fourth-order valence-corrected chi connectivity index (χ4v) is 5.08. The number of halogens is 3. The van der Waals surface area contributed by atoms with Gasteiger partial charge in [0.15, 0.2) is 5.75 Å². The minimum absolute atomic E-state index is 0.208. The molecule has 36 heavy (non-hydrogen) atoms. The maximum atomic E-state index is 14.3. The van der Waals surface area contributed by atoms with Gasteiger partial charge in [-0.25, -0.2) is 13.8 Å². The van der Waals surface area contributed by atoms with E-state index in [9.17, 15) is 14.0 Å². The van der Waals surface area contributed by atoms with E-state index in [1.165, 1.54) is 0 Å². The average Bonchev–Trinajstić information content (AvgIpc) is 2.84. The smallest absolute Gasteiger partial charge is 0.251 e. The minimum Gasteiger partial charge on any atom is -0.485 e. The Morgan fingerprint density at radius 2 is 1.97 bits per heavy atom. The molecule has 3 atom stereocenters. The van der Waals surface area contributed by atoms with E-state index in [1.807, 2.05) is 31.2 Å². The first-order valence-corrected chi connectivity index (χ1v) is 13.6. The predicted molar refractivity (Wildman–Crippen MR) is 148 cm³/mol. The van der Waals surface area contributed by atoms with Crippen molar-refractivity contribution in [3.05, 3.63) is 46.6 Å². The lowest BCUT2D eigenvalue weighted by Crippen LogP contribution is -2.49. The number of nitriles is 1. The van der Waals surface area contributed by atoms with Gasteiger partial charge in [0.2, 0.25) is 0 Å². The van der Waals surface area contributed by atoms with Crippen LogP contribution in [0.25, 0.3) is 17.3 Å². The van der Waals surface area contributed by atoms with Crippen molar-refractivity contribution in [1.29, 1.82) is 5.26 Å². The molecule has 3 nitrogen and oxygen atoms in total. The van der Waals surface area contributed by atoms with Crippen LogP contribution in [-0.4, -0.2) is 16.5 Å². The summed E-state index contributed by atoms with van der Waals surface area (Å²) in [5.74, 6) is -2.24. The fraction of sp³-hybridized carbons (Fsp3) is 0.517. The number of hydrogen-bond acceptors (Lipinski definition) is 3. The number of rotatable bonds is 10. The van der Waals surface area contributed by atoms with Crippen LogP contribution in [0, 0.1) is 17.2 Å². The van der Waals surface area contributed by atoms with Crippen molar-refractivity contribution in [1.82, 2.24) is 4.98 Å². The van der Waals surface area contributed by atoms with Gasteiger partial charge < -0.3 is 4.74 Å². The number of ether oxygens (including phenoxy) is 1. The third kappa shape index (κ3) is 5.76. The summed E-state index contributed by atoms with van der Waals surface area (Å²) in [4.78, 5) is 4.93. The van der Waals surface area contributed by atoms with E-state index >= 15 is 0 Å². The number of allylic oxidation sites excluding steroid dienone is 1. The average molecular weight is 533 g/mol. The lowest BCUT2D eigenvalue weighted by Gasteiger charge is -2.44. The van der Waals surface area contributed by atoms with Gasteiger partial charge in [-0.15, -0.1) is 9.24 Å². The van der Waals surface area contributed by atoms with Gasteiger partial charge in [0.1, 0.15) is 11.3 Å². The first-order valence-electron chi connectivity index (χ1n) is 12.7. The largest absolute Gasteiger partial charge is 0.485 e. The monoisotopic (exact) mass is 532 g/mol. The normalized spacial score (nSPS) is 18.8. The summed E-state index contributed by atoms with van der Waals surface area (Å²) in [6.45, 7) is 10.4. The molecule has 1 aromatic carbocycles. The molecule has 0 spiro atoms. The van der Waals surface area contributed by atoms with E-state index in [2.05, 4.69) is 43.0 Å². The number of unbranched alkanes of at least 4 members (excludes halogenated alkanes) is 1. The van der Waals surface area contributed by atoms with Crippen molar-refractivity contribution in [2.45, 2.75) is 90.1 Å². The number of aromatic nitrogens is 1. The number of hydrogen-bond donors (Lipinski definition) is 0. The lowest BCUT2D eigenvalue weighted by molar-refractivity contribution is -0.110. The van der Waals surface area contributed by atoms with Gasteiger partial charge in [-0.2, -0.15) is 5.26 Å². The second kappa shape index (κ2) is 11.2. The molecule has 1 fully saturated rings. The highest BCUT2D eigenvalue weighted by atomic mass is 35.5. The summed E-state index contributed by atoms with van der Waals surface area (Å²) in [5, 5.41) is 11.6. The van der Waals surface area contributed by atoms with Gasteiger partial charge in [-0.05, 0) is 61.7 Å². The first-order chi connectivity index (χ1) is 16.9. The highest BCUT2D eigenvalue weighted by Gasteiger charge is 2.59. The van der Waals surface area contributed by atoms with Gasteiger partial charge in [-0.1, -0.05) is 57.9 Å². The van der Waals surface area contributed by atoms with E-state index < -0.39 is 29.8 Å². The predicted octanol–water partition coefficient (Wildman–Crippen LogP) is 8.50. The quantitative estimate of drug-likeness (QED) is 0.288. The van der Waals surface area contributed by atoms with Crippen LogP contribution in [0.2, 0.25) is 5.02 Å². The second-order valence-corrected chi connectivity index (χ2v) is 11.2. The molecular weight excluding hydrogens is 497 g/mol. The molecule has 3 unspecified atom stereocenters. The summed E-state index contributed by atoms with van der Waals surface area (Å²) < 4.78 is 35.3. The molecule has 1 aliphatic carbocycles. The van der Waals surface area contributed by atoms with Crippen molar-refractivity contribution < 1.29 is 13.5 Å². The van der Waals surface area contributed by atoms with Crippen LogP contribution < -0.4 is 10.0 Å². The molecule has 2 aromatic rings. The van der Waals surface area contributed by atoms with Crippen LogP contribution in [0.3, 0.4) is 0 Å². The Kier molecular flexibility index (Phi) is 8.85. The van der Waals surface area contributed by atoms with Crippen LogP contribution in [0.5, 0.6) is 5.75 Å². The lowest BCUT2D eigenvalue weighted by atomic mass is 9.62. The molecule has 0 radical (unpaired) electrons. The summed E-state index contributed by atoms with van der Waals surface area (Å²) in [6.07, 6.45) is 6.28. The topological polar surface area (TPSA) is 45.9 Å².